The van der Waals surface area contributed by atoms with Gasteiger partial charge in [0.25, 0.3) is 0 Å². The zero-order chi connectivity index (χ0) is 18.4. The summed E-state index contributed by atoms with van der Waals surface area (Å²) in [5, 5.41) is 8.15. The number of anilines is 1. The average Bonchev–Trinajstić information content (AvgIpc) is 3.11. The fraction of sp³-hybridized carbons (Fsp3) is 0.368. The fourth-order valence-electron chi connectivity index (χ4n) is 3.05. The number of hydrogen-bond donors (Lipinski definition) is 2. The van der Waals surface area contributed by atoms with Gasteiger partial charge in [-0.2, -0.15) is 0 Å². The van der Waals surface area contributed by atoms with E-state index in [2.05, 4.69) is 31.6 Å². The zero-order valence-electron chi connectivity index (χ0n) is 14.8. The number of nitrogens with zero attached hydrogens (tertiary/aromatic N) is 3. The van der Waals surface area contributed by atoms with Gasteiger partial charge < -0.3 is 15.5 Å². The molecule has 2 N–H and O–H groups in total. The minimum Gasteiger partial charge on any atom is -0.369 e. The first kappa shape index (κ1) is 18.8. The molecule has 1 aromatic carbocycles. The molecule has 1 aromatic heterocycles. The molecule has 0 spiro atoms. The van der Waals surface area contributed by atoms with Gasteiger partial charge >= 0.3 is 0 Å². The van der Waals surface area contributed by atoms with Gasteiger partial charge in [-0.25, -0.2) is 4.98 Å². The summed E-state index contributed by atoms with van der Waals surface area (Å²) in [5.74, 6) is 0.824. The molecule has 1 aliphatic heterocycles. The molecular formula is C19H23Cl2N5. The molecule has 0 amide bonds. The van der Waals surface area contributed by atoms with E-state index >= 15 is 0 Å². The summed E-state index contributed by atoms with van der Waals surface area (Å²) in [5.41, 5.74) is 2.31. The Morgan fingerprint density at radius 3 is 2.92 bits per heavy atom. The second-order valence-electron chi connectivity index (χ2n) is 6.29. The quantitative estimate of drug-likeness (QED) is 0.466. The number of halogens is 2. The van der Waals surface area contributed by atoms with Crippen LogP contribution >= 0.6 is 23.2 Å². The number of hydrogen-bond acceptors (Lipinski definition) is 3. The Hall–Kier alpha value is -1.98. The van der Waals surface area contributed by atoms with Crippen molar-refractivity contribution in [1.82, 2.24) is 15.6 Å². The number of aliphatic imine (C=N–C) groups is 1. The number of rotatable bonds is 5. The molecule has 1 aliphatic rings. The maximum absolute atomic E-state index is 6.10. The largest absolute Gasteiger partial charge is 0.369 e. The minimum absolute atomic E-state index is 0.359. The van der Waals surface area contributed by atoms with Gasteiger partial charge in [-0.1, -0.05) is 35.3 Å². The van der Waals surface area contributed by atoms with Crippen LogP contribution in [0.2, 0.25) is 10.2 Å². The summed E-state index contributed by atoms with van der Waals surface area (Å²) in [4.78, 5) is 10.8. The number of aromatic nitrogens is 1. The van der Waals surface area contributed by atoms with Crippen molar-refractivity contribution in [3.05, 3.63) is 58.3 Å². The smallest absolute Gasteiger partial charge is 0.191 e. The molecule has 0 radical (unpaired) electrons. The molecule has 0 saturated carbocycles. The third-order valence-electron chi connectivity index (χ3n) is 4.42. The summed E-state index contributed by atoms with van der Waals surface area (Å²) >= 11 is 11.9. The van der Waals surface area contributed by atoms with Gasteiger partial charge in [-0.3, -0.25) is 4.99 Å². The van der Waals surface area contributed by atoms with E-state index in [0.29, 0.717) is 11.2 Å². The Bertz CT molecular complexity index is 748. The lowest BCUT2D eigenvalue weighted by molar-refractivity contribution is 0.648. The minimum atomic E-state index is 0.359. The monoisotopic (exact) mass is 391 g/mol. The highest BCUT2D eigenvalue weighted by Gasteiger charge is 2.23. The topological polar surface area (TPSA) is 52.6 Å². The number of pyridine rings is 1. The lowest BCUT2D eigenvalue weighted by Crippen LogP contribution is -2.45. The molecule has 2 heterocycles. The van der Waals surface area contributed by atoms with Crippen molar-refractivity contribution in [3.8, 4) is 0 Å². The Labute approximate surface area is 164 Å². The summed E-state index contributed by atoms with van der Waals surface area (Å²) in [6, 6.07) is 12.2. The van der Waals surface area contributed by atoms with Crippen molar-refractivity contribution < 1.29 is 0 Å². The van der Waals surface area contributed by atoms with Gasteiger partial charge in [0.2, 0.25) is 0 Å². The van der Waals surface area contributed by atoms with E-state index in [-0.39, 0.29) is 0 Å². The van der Waals surface area contributed by atoms with Gasteiger partial charge in [-0.05, 0) is 42.7 Å². The first-order chi connectivity index (χ1) is 12.6. The van der Waals surface area contributed by atoms with Crippen LogP contribution in [0.4, 0.5) is 5.69 Å². The van der Waals surface area contributed by atoms with Gasteiger partial charge in [0.05, 0.1) is 0 Å². The van der Waals surface area contributed by atoms with Crippen LogP contribution in [-0.4, -0.2) is 43.7 Å². The molecule has 3 rings (SSSR count). The Kier molecular flexibility index (Phi) is 6.58. The molecule has 1 unspecified atom stereocenters. The molecular weight excluding hydrogens is 369 g/mol. The molecule has 1 atom stereocenters. The Morgan fingerprint density at radius 2 is 2.19 bits per heavy atom. The van der Waals surface area contributed by atoms with Crippen LogP contribution < -0.4 is 15.5 Å². The van der Waals surface area contributed by atoms with Crippen LogP contribution in [0.25, 0.3) is 0 Å². The van der Waals surface area contributed by atoms with Crippen molar-refractivity contribution in [2.24, 2.45) is 4.99 Å². The highest BCUT2D eigenvalue weighted by Crippen LogP contribution is 2.23. The van der Waals surface area contributed by atoms with Crippen LogP contribution in [0, 0.1) is 0 Å². The lowest BCUT2D eigenvalue weighted by atomic mass is 10.2. The van der Waals surface area contributed by atoms with E-state index in [1.165, 1.54) is 5.69 Å². The molecule has 5 nitrogen and oxygen atoms in total. The third-order valence-corrected chi connectivity index (χ3v) is 4.88. The lowest BCUT2D eigenvalue weighted by Gasteiger charge is -2.20. The van der Waals surface area contributed by atoms with Crippen LogP contribution in [0.1, 0.15) is 12.0 Å². The molecule has 0 bridgehead atoms. The van der Waals surface area contributed by atoms with Crippen LogP contribution in [0.3, 0.4) is 0 Å². The summed E-state index contributed by atoms with van der Waals surface area (Å²) in [7, 11) is 1.79. The van der Waals surface area contributed by atoms with Gasteiger partial charge in [0, 0.05) is 49.6 Å². The van der Waals surface area contributed by atoms with Crippen LogP contribution in [0.5, 0.6) is 0 Å². The Balaban J connectivity index is 1.46. The van der Waals surface area contributed by atoms with E-state index in [9.17, 15) is 0 Å². The molecule has 2 aromatic rings. The van der Waals surface area contributed by atoms with Crippen molar-refractivity contribution in [2.45, 2.75) is 18.9 Å². The van der Waals surface area contributed by atoms with E-state index in [1.54, 1.807) is 13.2 Å². The molecule has 26 heavy (non-hydrogen) atoms. The highest BCUT2D eigenvalue weighted by atomic mass is 35.5. The zero-order valence-corrected chi connectivity index (χ0v) is 16.3. The van der Waals surface area contributed by atoms with Crippen LogP contribution in [-0.2, 0) is 6.42 Å². The Morgan fingerprint density at radius 1 is 1.31 bits per heavy atom. The summed E-state index contributed by atoms with van der Waals surface area (Å²) in [6.45, 7) is 2.72. The van der Waals surface area contributed by atoms with E-state index in [0.717, 1.165) is 49.0 Å². The molecule has 138 valence electrons. The maximum Gasteiger partial charge on any atom is 0.191 e. The number of guanidine groups is 1. The SMILES string of the molecule is CN=C(NCCc1ccc(Cl)nc1)NC1CCN(c2cccc(Cl)c2)C1. The number of benzene rings is 1. The molecule has 1 fully saturated rings. The fourth-order valence-corrected chi connectivity index (χ4v) is 3.35. The normalized spacial score (nSPS) is 17.4. The summed E-state index contributed by atoms with van der Waals surface area (Å²) < 4.78 is 0. The predicted molar refractivity (Wildman–Crippen MR) is 110 cm³/mol. The second-order valence-corrected chi connectivity index (χ2v) is 7.12. The first-order valence-electron chi connectivity index (χ1n) is 8.72. The van der Waals surface area contributed by atoms with Crippen molar-refractivity contribution >= 4 is 34.8 Å². The molecule has 7 heteroatoms. The van der Waals surface area contributed by atoms with E-state index < -0.39 is 0 Å². The van der Waals surface area contributed by atoms with E-state index in [4.69, 9.17) is 23.2 Å². The highest BCUT2D eigenvalue weighted by molar-refractivity contribution is 6.30. The van der Waals surface area contributed by atoms with Crippen molar-refractivity contribution in [1.29, 1.82) is 0 Å². The predicted octanol–water partition coefficient (Wildman–Crippen LogP) is 3.37. The van der Waals surface area contributed by atoms with Gasteiger partial charge in [-0.15, -0.1) is 0 Å². The standard InChI is InChI=1S/C19H23Cl2N5/c1-22-19(23-9-7-14-5-6-18(21)24-12-14)25-16-8-10-26(13-16)17-4-2-3-15(20)11-17/h2-6,11-12,16H,7-10,13H2,1H3,(H2,22,23,25). The van der Waals surface area contributed by atoms with Crippen molar-refractivity contribution in [3.63, 3.8) is 0 Å². The van der Waals surface area contributed by atoms with Gasteiger partial charge in [0.15, 0.2) is 5.96 Å². The second kappa shape index (κ2) is 9.10. The third kappa shape index (κ3) is 5.26. The van der Waals surface area contributed by atoms with Crippen LogP contribution in [0.15, 0.2) is 47.6 Å². The molecule has 0 aliphatic carbocycles. The number of nitrogens with one attached hydrogen (secondary N) is 2. The molecule has 1 saturated heterocycles. The van der Waals surface area contributed by atoms with E-state index in [1.807, 2.05) is 30.3 Å². The average molecular weight is 392 g/mol. The van der Waals surface area contributed by atoms with Crippen molar-refractivity contribution in [2.75, 3.05) is 31.6 Å². The summed E-state index contributed by atoms with van der Waals surface area (Å²) in [6.07, 6.45) is 3.73. The van der Waals surface area contributed by atoms with Gasteiger partial charge in [0.1, 0.15) is 5.15 Å². The first-order valence-corrected chi connectivity index (χ1v) is 9.48. The maximum atomic E-state index is 6.10.